The summed E-state index contributed by atoms with van der Waals surface area (Å²) in [6.45, 7) is 1.88. The second kappa shape index (κ2) is 6.30. The van der Waals surface area contributed by atoms with Gasteiger partial charge in [-0.25, -0.2) is 13.6 Å². The van der Waals surface area contributed by atoms with E-state index in [2.05, 4.69) is 5.32 Å². The molecule has 2 aromatic rings. The van der Waals surface area contributed by atoms with E-state index < -0.39 is 15.9 Å². The molecule has 1 aromatic heterocycles. The topological polar surface area (TPSA) is 112 Å². The normalized spacial score (nSPS) is 11.4. The van der Waals surface area contributed by atoms with Crippen LogP contribution in [0.3, 0.4) is 0 Å². The monoisotopic (exact) mass is 324 g/mol. The van der Waals surface area contributed by atoms with E-state index in [9.17, 15) is 13.2 Å². The number of benzene rings is 1. The van der Waals surface area contributed by atoms with Crippen molar-refractivity contribution in [2.24, 2.45) is 5.14 Å². The Morgan fingerprint density at radius 1 is 1.32 bits per heavy atom. The number of sulfonamides is 1. The number of ether oxygens (including phenoxy) is 1. The van der Waals surface area contributed by atoms with Gasteiger partial charge in [0.15, 0.2) is 5.76 Å². The fraction of sp³-hybridized carbons (Fsp3) is 0.214. The Balaban J connectivity index is 2.21. The van der Waals surface area contributed by atoms with Crippen molar-refractivity contribution in [1.29, 1.82) is 0 Å². The molecule has 0 aliphatic carbocycles. The summed E-state index contributed by atoms with van der Waals surface area (Å²) < 4.78 is 33.1. The molecule has 22 heavy (non-hydrogen) atoms. The molecule has 1 heterocycles. The molecule has 118 valence electrons. The van der Waals surface area contributed by atoms with Crippen molar-refractivity contribution in [2.45, 2.75) is 18.4 Å². The minimum atomic E-state index is -3.85. The lowest BCUT2D eigenvalue weighted by atomic mass is 10.2. The van der Waals surface area contributed by atoms with Crippen LogP contribution in [-0.2, 0) is 21.4 Å². The highest BCUT2D eigenvalue weighted by atomic mass is 32.2. The number of nitrogens with two attached hydrogens (primary N) is 1. The van der Waals surface area contributed by atoms with Gasteiger partial charge in [-0.15, -0.1) is 0 Å². The van der Waals surface area contributed by atoms with Crippen LogP contribution in [0.2, 0.25) is 0 Å². The first-order valence-electron chi connectivity index (χ1n) is 6.33. The van der Waals surface area contributed by atoms with E-state index >= 15 is 0 Å². The molecule has 0 aliphatic heterocycles. The maximum Gasteiger partial charge on any atom is 0.291 e. The van der Waals surface area contributed by atoms with Crippen molar-refractivity contribution in [3.05, 3.63) is 47.4 Å². The molecule has 0 unspecified atom stereocenters. The van der Waals surface area contributed by atoms with Gasteiger partial charge in [0.05, 0.1) is 4.90 Å². The first-order chi connectivity index (χ1) is 10.3. The number of carbonyl (C=O) groups excluding carboxylic acids is 1. The maximum absolute atomic E-state index is 12.1. The average Bonchev–Trinajstić information content (AvgIpc) is 2.89. The number of furan rings is 1. The predicted molar refractivity (Wildman–Crippen MR) is 79.9 cm³/mol. The zero-order valence-electron chi connectivity index (χ0n) is 12.1. The fourth-order valence-electron chi connectivity index (χ4n) is 1.90. The number of hydrogen-bond donors (Lipinski definition) is 2. The third kappa shape index (κ3) is 3.73. The highest BCUT2D eigenvalue weighted by Crippen LogP contribution is 2.20. The van der Waals surface area contributed by atoms with Gasteiger partial charge in [0.1, 0.15) is 12.4 Å². The molecule has 8 heteroatoms. The zero-order chi connectivity index (χ0) is 16.3. The molecule has 0 saturated carbocycles. The van der Waals surface area contributed by atoms with Crippen molar-refractivity contribution in [1.82, 2.24) is 0 Å². The van der Waals surface area contributed by atoms with Gasteiger partial charge in [-0.2, -0.15) is 0 Å². The number of primary sulfonamides is 1. The minimum Gasteiger partial charge on any atom is -0.453 e. The van der Waals surface area contributed by atoms with E-state index in [1.807, 2.05) is 0 Å². The minimum absolute atomic E-state index is 0.0372. The van der Waals surface area contributed by atoms with E-state index in [0.29, 0.717) is 17.0 Å². The van der Waals surface area contributed by atoms with Gasteiger partial charge < -0.3 is 14.5 Å². The maximum atomic E-state index is 12.1. The number of carbonyl (C=O) groups is 1. The van der Waals surface area contributed by atoms with Gasteiger partial charge >= 0.3 is 0 Å². The number of rotatable bonds is 5. The SMILES string of the molecule is COCc1ccc(C(=O)Nc2ccc(C)c(S(N)(=O)=O)c2)o1. The molecule has 0 radical (unpaired) electrons. The van der Waals surface area contributed by atoms with Crippen LogP contribution in [-0.4, -0.2) is 21.4 Å². The van der Waals surface area contributed by atoms with Crippen LogP contribution in [0.5, 0.6) is 0 Å². The summed E-state index contributed by atoms with van der Waals surface area (Å²) in [6.07, 6.45) is 0. The third-order valence-electron chi connectivity index (χ3n) is 2.92. The van der Waals surface area contributed by atoms with Crippen LogP contribution in [0.15, 0.2) is 39.6 Å². The lowest BCUT2D eigenvalue weighted by Crippen LogP contribution is -2.15. The fourth-order valence-corrected chi connectivity index (χ4v) is 2.70. The van der Waals surface area contributed by atoms with Gasteiger partial charge in [-0.3, -0.25) is 4.79 Å². The van der Waals surface area contributed by atoms with Crippen LogP contribution >= 0.6 is 0 Å². The van der Waals surface area contributed by atoms with Crippen LogP contribution in [0.1, 0.15) is 21.9 Å². The quantitative estimate of drug-likeness (QED) is 0.868. The zero-order valence-corrected chi connectivity index (χ0v) is 12.9. The molecule has 0 atom stereocenters. The molecule has 2 rings (SSSR count). The Hall–Kier alpha value is -2.16. The molecular formula is C14H16N2O5S. The Kier molecular flexibility index (Phi) is 4.65. The molecular weight excluding hydrogens is 308 g/mol. The molecule has 0 spiro atoms. The summed E-state index contributed by atoms with van der Waals surface area (Å²) in [4.78, 5) is 12.0. The van der Waals surface area contributed by atoms with Gasteiger partial charge in [-0.05, 0) is 36.8 Å². The van der Waals surface area contributed by atoms with Crippen molar-refractivity contribution in [3.63, 3.8) is 0 Å². The molecule has 0 saturated heterocycles. The molecule has 0 bridgehead atoms. The number of hydrogen-bond acceptors (Lipinski definition) is 5. The molecule has 0 aliphatic rings. The van der Waals surface area contributed by atoms with Gasteiger partial charge in [0.25, 0.3) is 5.91 Å². The lowest BCUT2D eigenvalue weighted by Gasteiger charge is -2.08. The molecule has 1 aromatic carbocycles. The Morgan fingerprint density at radius 3 is 2.68 bits per heavy atom. The van der Waals surface area contributed by atoms with Crippen molar-refractivity contribution in [3.8, 4) is 0 Å². The molecule has 0 fully saturated rings. The Labute approximate surface area is 128 Å². The molecule has 1 amide bonds. The lowest BCUT2D eigenvalue weighted by molar-refractivity contribution is 0.0987. The summed E-state index contributed by atoms with van der Waals surface area (Å²) in [5, 5.41) is 7.69. The first-order valence-corrected chi connectivity index (χ1v) is 7.88. The number of nitrogens with one attached hydrogen (secondary N) is 1. The third-order valence-corrected chi connectivity index (χ3v) is 3.98. The second-order valence-electron chi connectivity index (χ2n) is 4.68. The summed E-state index contributed by atoms with van der Waals surface area (Å²) in [7, 11) is -2.33. The summed E-state index contributed by atoms with van der Waals surface area (Å²) in [5.74, 6) is 0.123. The van der Waals surface area contributed by atoms with E-state index in [1.54, 1.807) is 25.1 Å². The van der Waals surface area contributed by atoms with E-state index in [1.165, 1.54) is 19.2 Å². The van der Waals surface area contributed by atoms with Crippen LogP contribution in [0.4, 0.5) is 5.69 Å². The second-order valence-corrected chi connectivity index (χ2v) is 6.21. The summed E-state index contributed by atoms with van der Waals surface area (Å²) >= 11 is 0. The summed E-state index contributed by atoms with van der Waals surface area (Å²) in [6, 6.07) is 7.60. The highest BCUT2D eigenvalue weighted by molar-refractivity contribution is 7.89. The number of amides is 1. The van der Waals surface area contributed by atoms with Crippen LogP contribution in [0.25, 0.3) is 0 Å². The van der Waals surface area contributed by atoms with Crippen molar-refractivity contribution in [2.75, 3.05) is 12.4 Å². The highest BCUT2D eigenvalue weighted by Gasteiger charge is 2.15. The number of methoxy groups -OCH3 is 1. The van der Waals surface area contributed by atoms with E-state index in [-0.39, 0.29) is 17.3 Å². The van der Waals surface area contributed by atoms with Crippen molar-refractivity contribution >= 4 is 21.6 Å². The Bertz CT molecular complexity index is 795. The van der Waals surface area contributed by atoms with Crippen LogP contribution < -0.4 is 10.5 Å². The van der Waals surface area contributed by atoms with Gasteiger partial charge in [0.2, 0.25) is 10.0 Å². The first kappa shape index (κ1) is 16.2. The largest absolute Gasteiger partial charge is 0.453 e. The average molecular weight is 324 g/mol. The summed E-state index contributed by atoms with van der Waals surface area (Å²) in [5.41, 5.74) is 0.810. The smallest absolute Gasteiger partial charge is 0.291 e. The Morgan fingerprint density at radius 2 is 2.05 bits per heavy atom. The standard InChI is InChI=1S/C14H16N2O5S/c1-9-3-4-10(7-13(9)22(15,18)19)16-14(17)12-6-5-11(21-12)8-20-2/h3-7H,8H2,1-2H3,(H,16,17)(H2,15,18,19). The van der Waals surface area contributed by atoms with E-state index in [0.717, 1.165) is 0 Å². The van der Waals surface area contributed by atoms with E-state index in [4.69, 9.17) is 14.3 Å². The molecule has 3 N–H and O–H groups in total. The number of anilines is 1. The van der Waals surface area contributed by atoms with Crippen molar-refractivity contribution < 1.29 is 22.4 Å². The van der Waals surface area contributed by atoms with Gasteiger partial charge in [-0.1, -0.05) is 6.07 Å². The predicted octanol–water partition coefficient (Wildman–Crippen LogP) is 1.63. The molecule has 7 nitrogen and oxygen atoms in total. The van der Waals surface area contributed by atoms with Gasteiger partial charge in [0, 0.05) is 12.8 Å². The van der Waals surface area contributed by atoms with Crippen LogP contribution in [0, 0.1) is 6.92 Å². The number of aryl methyl sites for hydroxylation is 1.